The first-order valence-corrected chi connectivity index (χ1v) is 9.19. The van der Waals surface area contributed by atoms with Gasteiger partial charge < -0.3 is 24.6 Å². The van der Waals surface area contributed by atoms with Crippen molar-refractivity contribution in [1.29, 1.82) is 5.26 Å². The second kappa shape index (κ2) is 9.24. The second-order valence-electron chi connectivity index (χ2n) is 6.65. The summed E-state index contributed by atoms with van der Waals surface area (Å²) in [7, 11) is 0. The van der Waals surface area contributed by atoms with Crippen LogP contribution in [0.25, 0.3) is 0 Å². The predicted octanol–water partition coefficient (Wildman–Crippen LogP) is 1.69. The molecule has 3 amide bonds. The van der Waals surface area contributed by atoms with Gasteiger partial charge in [-0.25, -0.2) is 4.79 Å². The van der Waals surface area contributed by atoms with E-state index in [2.05, 4.69) is 11.4 Å². The van der Waals surface area contributed by atoms with Gasteiger partial charge in [-0.05, 0) is 37.1 Å². The summed E-state index contributed by atoms with van der Waals surface area (Å²) in [6.45, 7) is 3.42. The highest BCUT2D eigenvalue weighted by atomic mass is 16.5. The quantitative estimate of drug-likeness (QED) is 0.868. The summed E-state index contributed by atoms with van der Waals surface area (Å²) in [4.78, 5) is 27.8. The van der Waals surface area contributed by atoms with Gasteiger partial charge in [0.1, 0.15) is 5.75 Å². The van der Waals surface area contributed by atoms with Crippen LogP contribution in [-0.4, -0.2) is 67.7 Å². The van der Waals surface area contributed by atoms with Crippen molar-refractivity contribution < 1.29 is 19.1 Å². The first kappa shape index (κ1) is 19.0. The number of nitrogens with zero attached hydrogens (tertiary/aromatic N) is 3. The van der Waals surface area contributed by atoms with E-state index < -0.39 is 0 Å². The van der Waals surface area contributed by atoms with Gasteiger partial charge in [-0.3, -0.25) is 4.79 Å². The molecule has 2 aliphatic rings. The molecule has 0 spiro atoms. The summed E-state index contributed by atoms with van der Waals surface area (Å²) in [6, 6.07) is 8.93. The van der Waals surface area contributed by atoms with E-state index in [0.717, 1.165) is 12.8 Å². The van der Waals surface area contributed by atoms with E-state index in [4.69, 9.17) is 14.7 Å². The van der Waals surface area contributed by atoms with E-state index in [1.807, 2.05) is 0 Å². The number of amides is 3. The number of nitriles is 1. The molecule has 2 heterocycles. The van der Waals surface area contributed by atoms with Crippen LogP contribution < -0.4 is 10.1 Å². The minimum Gasteiger partial charge on any atom is -0.484 e. The van der Waals surface area contributed by atoms with E-state index >= 15 is 0 Å². The average Bonchev–Trinajstić information content (AvgIpc) is 2.73. The molecule has 3 rings (SSSR count). The van der Waals surface area contributed by atoms with Gasteiger partial charge in [0.25, 0.3) is 5.91 Å². The molecule has 0 aliphatic carbocycles. The van der Waals surface area contributed by atoms with Gasteiger partial charge in [-0.15, -0.1) is 0 Å². The Balaban J connectivity index is 1.46. The van der Waals surface area contributed by atoms with Crippen LogP contribution >= 0.6 is 0 Å². The SMILES string of the molecule is N#C[C@@H]1CCCN(C(=O)Nc2ccc(OCC(=O)N3CCOCC3)cc2)C1. The molecule has 2 saturated heterocycles. The largest absolute Gasteiger partial charge is 0.484 e. The van der Waals surface area contributed by atoms with Crippen LogP contribution in [0, 0.1) is 17.2 Å². The van der Waals surface area contributed by atoms with E-state index in [1.54, 1.807) is 34.1 Å². The molecule has 0 bridgehead atoms. The Bertz CT molecular complexity index is 695. The van der Waals surface area contributed by atoms with Crippen molar-refractivity contribution in [3.8, 4) is 11.8 Å². The molecule has 1 aromatic rings. The summed E-state index contributed by atoms with van der Waals surface area (Å²) in [5, 5.41) is 11.9. The zero-order valence-corrected chi connectivity index (χ0v) is 15.2. The number of nitrogens with one attached hydrogen (secondary N) is 1. The fourth-order valence-electron chi connectivity index (χ4n) is 3.15. The number of carbonyl (C=O) groups is 2. The molecule has 2 aliphatic heterocycles. The molecule has 27 heavy (non-hydrogen) atoms. The third-order valence-electron chi connectivity index (χ3n) is 4.72. The van der Waals surface area contributed by atoms with Crippen LogP contribution in [0.4, 0.5) is 10.5 Å². The lowest BCUT2D eigenvalue weighted by Crippen LogP contribution is -2.43. The molecule has 2 fully saturated rings. The highest BCUT2D eigenvalue weighted by molar-refractivity contribution is 5.89. The lowest BCUT2D eigenvalue weighted by atomic mass is 10.0. The zero-order valence-electron chi connectivity index (χ0n) is 15.2. The van der Waals surface area contributed by atoms with Gasteiger partial charge in [-0.2, -0.15) is 5.26 Å². The molecule has 1 aromatic carbocycles. The van der Waals surface area contributed by atoms with Crippen molar-refractivity contribution in [2.45, 2.75) is 12.8 Å². The third-order valence-corrected chi connectivity index (χ3v) is 4.72. The van der Waals surface area contributed by atoms with Crippen molar-refractivity contribution in [2.24, 2.45) is 5.92 Å². The number of rotatable bonds is 4. The number of likely N-dealkylation sites (tertiary alicyclic amines) is 1. The van der Waals surface area contributed by atoms with Crippen molar-refractivity contribution in [3.05, 3.63) is 24.3 Å². The Morgan fingerprint density at radius 1 is 1.19 bits per heavy atom. The fraction of sp³-hybridized carbons (Fsp3) is 0.526. The van der Waals surface area contributed by atoms with Crippen LogP contribution in [0.2, 0.25) is 0 Å². The number of hydrogen-bond donors (Lipinski definition) is 1. The molecular weight excluding hydrogens is 348 g/mol. The molecule has 0 aromatic heterocycles. The predicted molar refractivity (Wildman–Crippen MR) is 98.3 cm³/mol. The average molecular weight is 372 g/mol. The molecule has 0 saturated carbocycles. The highest BCUT2D eigenvalue weighted by Crippen LogP contribution is 2.19. The number of piperidine rings is 1. The van der Waals surface area contributed by atoms with Gasteiger partial charge in [0.2, 0.25) is 0 Å². The molecule has 0 radical (unpaired) electrons. The van der Waals surface area contributed by atoms with Crippen molar-refractivity contribution >= 4 is 17.6 Å². The molecular formula is C19H24N4O4. The standard InChI is InChI=1S/C19H24N4O4/c20-12-15-2-1-7-23(13-15)19(25)21-16-3-5-17(6-4-16)27-14-18(24)22-8-10-26-11-9-22/h3-6,15H,1-2,7-11,13-14H2,(H,21,25)/t15-/m0/s1. The summed E-state index contributed by atoms with van der Waals surface area (Å²) in [5.74, 6) is 0.411. The van der Waals surface area contributed by atoms with Crippen LogP contribution in [0.15, 0.2) is 24.3 Å². The van der Waals surface area contributed by atoms with E-state index in [-0.39, 0.29) is 24.5 Å². The fourth-order valence-corrected chi connectivity index (χ4v) is 3.15. The van der Waals surface area contributed by atoms with Gasteiger partial charge >= 0.3 is 6.03 Å². The van der Waals surface area contributed by atoms with Crippen molar-refractivity contribution in [3.63, 3.8) is 0 Å². The molecule has 0 unspecified atom stereocenters. The lowest BCUT2D eigenvalue weighted by Gasteiger charge is -2.29. The first-order chi connectivity index (χ1) is 13.2. The van der Waals surface area contributed by atoms with Crippen LogP contribution in [0.1, 0.15) is 12.8 Å². The van der Waals surface area contributed by atoms with Gasteiger partial charge in [0.05, 0.1) is 25.2 Å². The van der Waals surface area contributed by atoms with Crippen LogP contribution in [0.3, 0.4) is 0 Å². The Hall–Kier alpha value is -2.79. The molecule has 144 valence electrons. The maximum absolute atomic E-state index is 12.3. The molecule has 1 N–H and O–H groups in total. The Morgan fingerprint density at radius 2 is 1.93 bits per heavy atom. The summed E-state index contributed by atoms with van der Waals surface area (Å²) < 4.78 is 10.8. The van der Waals surface area contributed by atoms with Crippen molar-refractivity contribution in [1.82, 2.24) is 9.80 Å². The Morgan fingerprint density at radius 3 is 2.63 bits per heavy atom. The second-order valence-corrected chi connectivity index (χ2v) is 6.65. The minimum absolute atomic E-state index is 0.0188. The number of hydrogen-bond acceptors (Lipinski definition) is 5. The molecule has 8 heteroatoms. The van der Waals surface area contributed by atoms with E-state index in [0.29, 0.717) is 50.8 Å². The Kier molecular flexibility index (Phi) is 6.49. The maximum atomic E-state index is 12.3. The summed E-state index contributed by atoms with van der Waals surface area (Å²) in [5.41, 5.74) is 0.644. The highest BCUT2D eigenvalue weighted by Gasteiger charge is 2.23. The number of anilines is 1. The summed E-state index contributed by atoms with van der Waals surface area (Å²) >= 11 is 0. The van der Waals surface area contributed by atoms with Gasteiger partial charge in [0.15, 0.2) is 6.61 Å². The van der Waals surface area contributed by atoms with E-state index in [9.17, 15) is 9.59 Å². The lowest BCUT2D eigenvalue weighted by molar-refractivity contribution is -0.137. The third kappa shape index (κ3) is 5.34. The number of carbonyl (C=O) groups excluding carboxylic acids is 2. The zero-order chi connectivity index (χ0) is 19.1. The smallest absolute Gasteiger partial charge is 0.321 e. The Labute approximate surface area is 158 Å². The maximum Gasteiger partial charge on any atom is 0.321 e. The first-order valence-electron chi connectivity index (χ1n) is 9.19. The van der Waals surface area contributed by atoms with Gasteiger partial charge in [0, 0.05) is 31.9 Å². The van der Waals surface area contributed by atoms with Gasteiger partial charge in [-0.1, -0.05) is 0 Å². The van der Waals surface area contributed by atoms with Crippen molar-refractivity contribution in [2.75, 3.05) is 51.3 Å². The number of benzene rings is 1. The number of morpholine rings is 1. The minimum atomic E-state index is -0.203. The normalized spacial score (nSPS) is 19.9. The monoisotopic (exact) mass is 372 g/mol. The molecule has 1 atom stereocenters. The number of ether oxygens (including phenoxy) is 2. The molecule has 8 nitrogen and oxygen atoms in total. The van der Waals surface area contributed by atoms with Crippen LogP contribution in [-0.2, 0) is 9.53 Å². The van der Waals surface area contributed by atoms with E-state index in [1.165, 1.54) is 0 Å². The number of urea groups is 1. The summed E-state index contributed by atoms with van der Waals surface area (Å²) in [6.07, 6.45) is 1.69. The van der Waals surface area contributed by atoms with Crippen LogP contribution in [0.5, 0.6) is 5.75 Å². The topological polar surface area (TPSA) is 94.9 Å².